The third kappa shape index (κ3) is 5.40. The minimum atomic E-state index is -0.996. The third-order valence-electron chi connectivity index (χ3n) is 8.35. The number of allylic oxidation sites excluding steroid dienone is 2. The maximum atomic E-state index is 13.7. The maximum absolute atomic E-state index is 13.7. The Morgan fingerprint density at radius 2 is 2.05 bits per heavy atom. The number of amides is 1. The fourth-order valence-electron chi connectivity index (χ4n) is 5.38. The molecule has 196 valence electrons. The molecule has 6 heteroatoms. The van der Waals surface area contributed by atoms with Crippen molar-refractivity contribution in [3.05, 3.63) is 83.3 Å². The Kier molecular flexibility index (Phi) is 7.43. The molecule has 3 heterocycles. The number of aryl methyl sites for hydroxylation is 1. The lowest BCUT2D eigenvalue weighted by Gasteiger charge is -2.40. The van der Waals surface area contributed by atoms with E-state index in [4.69, 9.17) is 15.5 Å². The van der Waals surface area contributed by atoms with Crippen molar-refractivity contribution in [2.75, 3.05) is 19.8 Å². The first-order chi connectivity index (χ1) is 17.5. The summed E-state index contributed by atoms with van der Waals surface area (Å²) in [7, 11) is 0. The van der Waals surface area contributed by atoms with Gasteiger partial charge in [-0.15, -0.1) is 0 Å². The van der Waals surface area contributed by atoms with Crippen molar-refractivity contribution in [2.24, 2.45) is 22.1 Å². The Bertz CT molecular complexity index is 1250. The zero-order chi connectivity index (χ0) is 27.0. The van der Waals surface area contributed by atoms with E-state index in [0.29, 0.717) is 19.1 Å². The summed E-state index contributed by atoms with van der Waals surface area (Å²) in [6, 6.07) is 3.90. The highest BCUT2D eigenvalue weighted by Crippen LogP contribution is 2.52. The summed E-state index contributed by atoms with van der Waals surface area (Å²) in [5, 5.41) is 0. The van der Waals surface area contributed by atoms with Crippen LogP contribution < -0.4 is 5.73 Å². The number of ether oxygens (including phenoxy) is 1. The molecule has 1 saturated carbocycles. The Morgan fingerprint density at radius 1 is 1.32 bits per heavy atom. The summed E-state index contributed by atoms with van der Waals surface area (Å²) < 4.78 is 5.65. The van der Waals surface area contributed by atoms with Gasteiger partial charge in [-0.3, -0.25) is 14.7 Å². The molecule has 1 fully saturated rings. The van der Waals surface area contributed by atoms with Gasteiger partial charge in [-0.1, -0.05) is 51.3 Å². The fourth-order valence-corrected chi connectivity index (χ4v) is 5.38. The lowest BCUT2D eigenvalue weighted by Crippen LogP contribution is -2.54. The summed E-state index contributed by atoms with van der Waals surface area (Å²) in [6.45, 7) is 21.1. The number of guanidine groups is 1. The normalized spacial score (nSPS) is 28.5. The smallest absolute Gasteiger partial charge is 0.232 e. The maximum Gasteiger partial charge on any atom is 0.232 e. The summed E-state index contributed by atoms with van der Waals surface area (Å²) in [4.78, 5) is 24.7. The van der Waals surface area contributed by atoms with Gasteiger partial charge < -0.3 is 10.5 Å². The van der Waals surface area contributed by atoms with Gasteiger partial charge in [0.15, 0.2) is 5.96 Å². The predicted octanol–water partition coefficient (Wildman–Crippen LogP) is 5.53. The van der Waals surface area contributed by atoms with Crippen molar-refractivity contribution in [1.82, 2.24) is 9.88 Å². The van der Waals surface area contributed by atoms with Gasteiger partial charge in [-0.2, -0.15) is 0 Å². The average molecular weight is 501 g/mol. The quantitative estimate of drug-likeness (QED) is 0.476. The van der Waals surface area contributed by atoms with Crippen molar-refractivity contribution >= 4 is 17.4 Å². The molecular weight excluding hydrogens is 460 g/mol. The van der Waals surface area contributed by atoms with E-state index in [0.717, 1.165) is 58.6 Å². The van der Waals surface area contributed by atoms with Gasteiger partial charge in [0.25, 0.3) is 0 Å². The van der Waals surface area contributed by atoms with Gasteiger partial charge in [-0.05, 0) is 78.9 Å². The molecule has 0 spiro atoms. The SMILES string of the molecule is C=C(C=C(C)C1(C(=C)C=C(C)C2=CCCOC2)CC(=O)N(CC2(C)CC2C)C(N)=N1)c1cccnc1C. The number of aromatic nitrogens is 1. The molecule has 1 aromatic rings. The topological polar surface area (TPSA) is 80.8 Å². The second-order valence-electron chi connectivity index (χ2n) is 11.2. The molecule has 0 saturated heterocycles. The van der Waals surface area contributed by atoms with Crippen LogP contribution in [0.1, 0.15) is 58.2 Å². The van der Waals surface area contributed by atoms with E-state index in [1.165, 1.54) is 0 Å². The second kappa shape index (κ2) is 10.3. The molecule has 4 rings (SSSR count). The fraction of sp³-hybridized carbons (Fsp3) is 0.452. The molecule has 1 amide bonds. The number of pyridine rings is 1. The van der Waals surface area contributed by atoms with E-state index in [2.05, 4.69) is 45.0 Å². The van der Waals surface area contributed by atoms with E-state index in [9.17, 15) is 4.79 Å². The van der Waals surface area contributed by atoms with Crippen LogP contribution in [0.5, 0.6) is 0 Å². The number of carbonyl (C=O) groups is 1. The Labute approximate surface area is 221 Å². The van der Waals surface area contributed by atoms with Gasteiger partial charge in [0, 0.05) is 24.0 Å². The van der Waals surface area contributed by atoms with Gasteiger partial charge in [0.05, 0.1) is 19.6 Å². The first-order valence-corrected chi connectivity index (χ1v) is 13.1. The van der Waals surface area contributed by atoms with Crippen LogP contribution in [0.4, 0.5) is 0 Å². The first kappa shape index (κ1) is 26.8. The van der Waals surface area contributed by atoms with Crippen LogP contribution >= 0.6 is 0 Å². The average Bonchev–Trinajstić information content (AvgIpc) is 3.47. The van der Waals surface area contributed by atoms with Crippen LogP contribution in [0, 0.1) is 18.3 Å². The summed E-state index contributed by atoms with van der Waals surface area (Å²) in [5.41, 5.74) is 12.1. The molecule has 0 radical (unpaired) electrons. The number of hydrogen-bond acceptors (Lipinski definition) is 5. The lowest BCUT2D eigenvalue weighted by molar-refractivity contribution is -0.129. The molecule has 0 bridgehead atoms. The van der Waals surface area contributed by atoms with Crippen LogP contribution in [0.3, 0.4) is 0 Å². The summed E-state index contributed by atoms with van der Waals surface area (Å²) >= 11 is 0. The number of carbonyl (C=O) groups excluding carboxylic acids is 1. The third-order valence-corrected chi connectivity index (χ3v) is 8.35. The predicted molar refractivity (Wildman–Crippen MR) is 151 cm³/mol. The molecule has 1 aliphatic carbocycles. The molecular formula is C31H40N4O2. The van der Waals surface area contributed by atoms with Crippen molar-refractivity contribution in [3.8, 4) is 0 Å². The molecule has 1 aromatic heterocycles. The van der Waals surface area contributed by atoms with Crippen molar-refractivity contribution in [2.45, 2.75) is 59.4 Å². The van der Waals surface area contributed by atoms with Crippen molar-refractivity contribution < 1.29 is 9.53 Å². The van der Waals surface area contributed by atoms with E-state index < -0.39 is 5.54 Å². The summed E-state index contributed by atoms with van der Waals surface area (Å²) in [6.07, 6.45) is 10.1. The van der Waals surface area contributed by atoms with Crippen molar-refractivity contribution in [1.29, 1.82) is 0 Å². The van der Waals surface area contributed by atoms with Crippen LogP contribution in [-0.4, -0.2) is 47.0 Å². The number of aliphatic imine (C=N–C) groups is 1. The number of hydrogen-bond donors (Lipinski definition) is 1. The van der Waals surface area contributed by atoms with Gasteiger partial charge >= 0.3 is 0 Å². The molecule has 6 nitrogen and oxygen atoms in total. The lowest BCUT2D eigenvalue weighted by atomic mass is 9.77. The van der Waals surface area contributed by atoms with E-state index in [1.807, 2.05) is 38.1 Å². The molecule has 3 aliphatic rings. The minimum Gasteiger partial charge on any atom is -0.376 e. The van der Waals surface area contributed by atoms with Crippen molar-refractivity contribution in [3.63, 3.8) is 0 Å². The van der Waals surface area contributed by atoms with Gasteiger partial charge in [0.1, 0.15) is 5.54 Å². The molecule has 37 heavy (non-hydrogen) atoms. The summed E-state index contributed by atoms with van der Waals surface area (Å²) in [5.74, 6) is 0.787. The molecule has 0 aromatic carbocycles. The zero-order valence-electron chi connectivity index (χ0n) is 22.9. The monoisotopic (exact) mass is 500 g/mol. The number of nitrogens with two attached hydrogens (primary N) is 1. The van der Waals surface area contributed by atoms with Crippen LogP contribution in [0.2, 0.25) is 0 Å². The number of nitrogens with zero attached hydrogens (tertiary/aromatic N) is 3. The second-order valence-corrected chi connectivity index (χ2v) is 11.2. The minimum absolute atomic E-state index is 0.0313. The Morgan fingerprint density at radius 3 is 2.65 bits per heavy atom. The highest BCUT2D eigenvalue weighted by atomic mass is 16.5. The van der Waals surface area contributed by atoms with Crippen LogP contribution in [0.15, 0.2) is 77.0 Å². The molecule has 2 aliphatic heterocycles. The highest BCUT2D eigenvalue weighted by molar-refractivity contribution is 6.00. The number of rotatable bonds is 8. The molecule has 3 atom stereocenters. The van der Waals surface area contributed by atoms with E-state index >= 15 is 0 Å². The van der Waals surface area contributed by atoms with E-state index in [1.54, 1.807) is 11.1 Å². The first-order valence-electron chi connectivity index (χ1n) is 13.1. The standard InChI is InChI=1S/C31H40N4O2/c1-20(26-10-9-13-37-18-26)14-22(3)31(23(4)15-21(2)27-11-8-12-33-25(27)6)17-28(36)35(29(32)34-31)19-30(7)16-24(30)5/h8,10-12,14-15,24H,2-3,9,13,16-19H2,1,4-7H3,(H2,32,34). The van der Waals surface area contributed by atoms with Crippen LogP contribution in [-0.2, 0) is 9.53 Å². The zero-order valence-corrected chi connectivity index (χ0v) is 22.9. The molecule has 2 N–H and O–H groups in total. The Balaban J connectivity index is 1.75. The van der Waals surface area contributed by atoms with Gasteiger partial charge in [-0.25, -0.2) is 4.99 Å². The highest BCUT2D eigenvalue weighted by Gasteiger charge is 2.51. The molecule has 3 unspecified atom stereocenters. The Hall–Kier alpha value is -3.25. The van der Waals surface area contributed by atoms with Gasteiger partial charge in [0.2, 0.25) is 5.91 Å². The van der Waals surface area contributed by atoms with E-state index in [-0.39, 0.29) is 23.7 Å². The largest absolute Gasteiger partial charge is 0.376 e. The van der Waals surface area contributed by atoms with Crippen LogP contribution in [0.25, 0.3) is 5.57 Å².